The molecule has 0 amide bonds. The first-order valence-corrected chi connectivity index (χ1v) is 12.6. The van der Waals surface area contributed by atoms with Crippen molar-refractivity contribution in [3.63, 3.8) is 0 Å². The molecule has 2 aromatic rings. The monoisotopic (exact) mass is 547 g/mol. The minimum Gasteiger partial charge on any atom is -0.478 e. The number of nitrogens with zero attached hydrogens (tertiary/aromatic N) is 3. The summed E-state index contributed by atoms with van der Waals surface area (Å²) in [5, 5.41) is 36.8. The van der Waals surface area contributed by atoms with E-state index in [2.05, 4.69) is 40.9 Å². The number of rotatable bonds is 11. The second-order valence-corrected chi connectivity index (χ2v) is 8.58. The average Bonchev–Trinajstić information content (AvgIpc) is 3.34. The lowest BCUT2D eigenvalue weighted by Gasteiger charge is -2.31. The number of piperidine rings is 1. The molecule has 4 N–H and O–H groups in total. The van der Waals surface area contributed by atoms with Crippen LogP contribution in [0.5, 0.6) is 0 Å². The number of hydrogen-bond acceptors (Lipinski definition) is 8. The van der Waals surface area contributed by atoms with Crippen LogP contribution in [0.3, 0.4) is 0 Å². The molecule has 0 unspecified atom stereocenters. The molecule has 1 aliphatic rings. The zero-order valence-electron chi connectivity index (χ0n) is 22.2. The standard InChI is InChI=1S/C19H29N3O.2C4H4O4/c1-3-21(4-2)12-7-13-22-14-10-16(11-15-22)19-17-8-5-6-9-18(17)23-20-19;2*5-3(6)1-2-4(7)8/h5-6,8-9,16H,3-4,7,10-15H2,1-2H3;2*1-2H,(H,5,6)(H,7,8). The predicted molar refractivity (Wildman–Crippen MR) is 144 cm³/mol. The van der Waals surface area contributed by atoms with E-state index in [0.29, 0.717) is 30.2 Å². The molecule has 0 aliphatic carbocycles. The lowest BCUT2D eigenvalue weighted by atomic mass is 9.91. The van der Waals surface area contributed by atoms with E-state index < -0.39 is 23.9 Å². The van der Waals surface area contributed by atoms with Gasteiger partial charge in [0.2, 0.25) is 0 Å². The molecule has 0 atom stereocenters. The van der Waals surface area contributed by atoms with Gasteiger partial charge < -0.3 is 34.7 Å². The van der Waals surface area contributed by atoms with Crippen molar-refractivity contribution in [1.82, 2.24) is 15.0 Å². The van der Waals surface area contributed by atoms with Gasteiger partial charge in [0, 0.05) is 35.6 Å². The normalized spacial score (nSPS) is 14.1. The van der Waals surface area contributed by atoms with E-state index in [0.717, 1.165) is 18.7 Å². The van der Waals surface area contributed by atoms with Gasteiger partial charge in [0.15, 0.2) is 5.58 Å². The highest BCUT2D eigenvalue weighted by atomic mass is 16.5. The number of aliphatic carboxylic acids is 4. The molecule has 1 aromatic carbocycles. The predicted octanol–water partition coefficient (Wildman–Crippen LogP) is 3.16. The number of fused-ring (bicyclic) bond motifs is 1. The van der Waals surface area contributed by atoms with E-state index in [-0.39, 0.29) is 0 Å². The van der Waals surface area contributed by atoms with E-state index in [1.165, 1.54) is 56.5 Å². The SMILES string of the molecule is CCN(CC)CCCN1CCC(c2noc3ccccc23)CC1.O=C(O)C=CC(=O)O.O=C(O)C=CC(=O)O. The molecule has 0 spiro atoms. The van der Waals surface area contributed by atoms with E-state index in [4.69, 9.17) is 24.9 Å². The smallest absolute Gasteiger partial charge is 0.328 e. The van der Waals surface area contributed by atoms with Gasteiger partial charge in [-0.25, -0.2) is 19.2 Å². The lowest BCUT2D eigenvalue weighted by molar-refractivity contribution is -0.134. The van der Waals surface area contributed by atoms with E-state index in [1.807, 2.05) is 12.1 Å². The second-order valence-electron chi connectivity index (χ2n) is 8.58. The third-order valence-corrected chi connectivity index (χ3v) is 5.96. The fourth-order valence-electron chi connectivity index (χ4n) is 3.97. The summed E-state index contributed by atoms with van der Waals surface area (Å²) in [6.07, 6.45) is 5.90. The van der Waals surface area contributed by atoms with Crippen LogP contribution in [-0.4, -0.2) is 98.5 Å². The van der Waals surface area contributed by atoms with Crippen LogP contribution in [0, 0.1) is 0 Å². The molecule has 2 heterocycles. The summed E-state index contributed by atoms with van der Waals surface area (Å²) >= 11 is 0. The van der Waals surface area contributed by atoms with Gasteiger partial charge in [-0.1, -0.05) is 31.1 Å². The highest BCUT2D eigenvalue weighted by Crippen LogP contribution is 2.32. The van der Waals surface area contributed by atoms with Gasteiger partial charge in [-0.05, 0) is 70.7 Å². The largest absolute Gasteiger partial charge is 0.478 e. The molecule has 0 radical (unpaired) electrons. The van der Waals surface area contributed by atoms with Gasteiger partial charge in [-0.2, -0.15) is 0 Å². The first-order valence-electron chi connectivity index (χ1n) is 12.6. The summed E-state index contributed by atoms with van der Waals surface area (Å²) < 4.78 is 5.48. The zero-order chi connectivity index (χ0) is 29.2. The maximum Gasteiger partial charge on any atom is 0.328 e. The van der Waals surface area contributed by atoms with Crippen LogP contribution in [0.2, 0.25) is 0 Å². The van der Waals surface area contributed by atoms with Crippen LogP contribution < -0.4 is 0 Å². The number of hydrogen-bond donors (Lipinski definition) is 4. The second kappa shape index (κ2) is 18.3. The number of para-hydroxylation sites is 1. The van der Waals surface area contributed by atoms with Crippen LogP contribution in [0.1, 0.15) is 44.7 Å². The molecule has 214 valence electrons. The topological polar surface area (TPSA) is 182 Å². The van der Waals surface area contributed by atoms with Crippen molar-refractivity contribution in [2.75, 3.05) is 39.3 Å². The van der Waals surface area contributed by atoms with Crippen molar-refractivity contribution in [2.24, 2.45) is 0 Å². The lowest BCUT2D eigenvalue weighted by Crippen LogP contribution is -2.35. The van der Waals surface area contributed by atoms with Gasteiger partial charge >= 0.3 is 23.9 Å². The summed E-state index contributed by atoms with van der Waals surface area (Å²) in [4.78, 5) is 43.3. The van der Waals surface area contributed by atoms with E-state index in [9.17, 15) is 19.2 Å². The summed E-state index contributed by atoms with van der Waals surface area (Å²) in [5.74, 6) is -4.47. The van der Waals surface area contributed by atoms with Gasteiger partial charge in [0.25, 0.3) is 0 Å². The quantitative estimate of drug-likeness (QED) is 0.302. The Balaban J connectivity index is 0.000000393. The first kappa shape index (κ1) is 33.0. The number of carboxylic acids is 4. The van der Waals surface area contributed by atoms with Gasteiger partial charge in [-0.15, -0.1) is 0 Å². The number of aromatic nitrogens is 1. The Hall–Kier alpha value is -4.03. The molecule has 3 rings (SSSR count). The summed E-state index contributed by atoms with van der Waals surface area (Å²) in [6, 6.07) is 8.23. The zero-order valence-corrected chi connectivity index (χ0v) is 22.2. The van der Waals surface area contributed by atoms with Crippen molar-refractivity contribution in [3.05, 3.63) is 54.3 Å². The van der Waals surface area contributed by atoms with E-state index in [1.54, 1.807) is 0 Å². The Kier molecular flexibility index (Phi) is 15.4. The molecule has 1 fully saturated rings. The fraction of sp³-hybridized carbons (Fsp3) is 0.444. The molecule has 1 saturated heterocycles. The molecule has 12 nitrogen and oxygen atoms in total. The van der Waals surface area contributed by atoms with Crippen LogP contribution in [0.15, 0.2) is 53.1 Å². The third kappa shape index (κ3) is 13.9. The van der Waals surface area contributed by atoms with Crippen molar-refractivity contribution in [3.8, 4) is 0 Å². The minimum absolute atomic E-state index is 0.553. The first-order chi connectivity index (χ1) is 18.6. The molecular formula is C27H37N3O9. The average molecular weight is 548 g/mol. The third-order valence-electron chi connectivity index (χ3n) is 5.96. The van der Waals surface area contributed by atoms with Crippen LogP contribution >= 0.6 is 0 Å². The van der Waals surface area contributed by atoms with Crippen molar-refractivity contribution < 1.29 is 44.1 Å². The van der Waals surface area contributed by atoms with Gasteiger partial charge in [0.1, 0.15) is 0 Å². The molecule has 0 bridgehead atoms. The Morgan fingerprint density at radius 3 is 1.85 bits per heavy atom. The van der Waals surface area contributed by atoms with Crippen molar-refractivity contribution >= 4 is 34.8 Å². The Labute approximate surface area is 226 Å². The Bertz CT molecular complexity index is 1050. The number of carbonyl (C=O) groups is 4. The molecule has 1 aliphatic heterocycles. The van der Waals surface area contributed by atoms with Crippen LogP contribution in [0.4, 0.5) is 0 Å². The summed E-state index contributed by atoms with van der Waals surface area (Å²) in [6.45, 7) is 11.6. The number of likely N-dealkylation sites (tertiary alicyclic amines) is 1. The number of benzene rings is 1. The fourth-order valence-corrected chi connectivity index (χ4v) is 3.97. The molecule has 12 heteroatoms. The highest BCUT2D eigenvalue weighted by Gasteiger charge is 2.24. The Morgan fingerprint density at radius 2 is 1.38 bits per heavy atom. The summed E-state index contributed by atoms with van der Waals surface area (Å²) in [5.41, 5.74) is 2.09. The molecular weight excluding hydrogens is 510 g/mol. The maximum absolute atomic E-state index is 9.55. The minimum atomic E-state index is -1.26. The van der Waals surface area contributed by atoms with Crippen LogP contribution in [-0.2, 0) is 19.2 Å². The van der Waals surface area contributed by atoms with Crippen molar-refractivity contribution in [2.45, 2.75) is 39.0 Å². The molecule has 0 saturated carbocycles. The highest BCUT2D eigenvalue weighted by molar-refractivity contribution is 5.90. The van der Waals surface area contributed by atoms with Gasteiger partial charge in [0.05, 0.1) is 5.69 Å². The number of carboxylic acid groups (broad SMARTS) is 4. The molecule has 1 aromatic heterocycles. The summed E-state index contributed by atoms with van der Waals surface area (Å²) in [7, 11) is 0. The maximum atomic E-state index is 9.55. The molecule has 39 heavy (non-hydrogen) atoms. The Morgan fingerprint density at radius 1 is 0.897 bits per heavy atom. The van der Waals surface area contributed by atoms with Crippen LogP contribution in [0.25, 0.3) is 11.0 Å². The van der Waals surface area contributed by atoms with E-state index >= 15 is 0 Å². The van der Waals surface area contributed by atoms with Gasteiger partial charge in [-0.3, -0.25) is 0 Å². The van der Waals surface area contributed by atoms with Crippen molar-refractivity contribution in [1.29, 1.82) is 0 Å².